The van der Waals surface area contributed by atoms with Crippen LogP contribution in [0, 0.1) is 6.92 Å². The van der Waals surface area contributed by atoms with Crippen molar-refractivity contribution in [3.05, 3.63) is 71.4 Å². The molecule has 2 aromatic heterocycles. The molecule has 134 valence electrons. The smallest absolute Gasteiger partial charge is 0.276 e. The fourth-order valence-corrected chi connectivity index (χ4v) is 3.71. The van der Waals surface area contributed by atoms with E-state index in [0.29, 0.717) is 22.9 Å². The quantitative estimate of drug-likeness (QED) is 0.599. The number of nitrogens with zero attached hydrogens (tertiary/aromatic N) is 3. The molecule has 6 nitrogen and oxygen atoms in total. The highest BCUT2D eigenvalue weighted by molar-refractivity contribution is 6.04. The van der Waals surface area contributed by atoms with Gasteiger partial charge in [-0.2, -0.15) is 5.10 Å². The zero-order valence-electron chi connectivity index (χ0n) is 14.9. The Bertz CT molecular complexity index is 1160. The molecule has 0 fully saturated rings. The first-order valence-corrected chi connectivity index (χ1v) is 9.04. The van der Waals surface area contributed by atoms with Gasteiger partial charge in [0.15, 0.2) is 17.2 Å². The fourth-order valence-electron chi connectivity index (χ4n) is 3.71. The summed E-state index contributed by atoms with van der Waals surface area (Å²) in [5.74, 6) is 0.412. The Kier molecular flexibility index (Phi) is 3.57. The molecule has 1 N–H and O–H groups in total. The van der Waals surface area contributed by atoms with E-state index in [1.807, 2.05) is 53.2 Å². The van der Waals surface area contributed by atoms with Gasteiger partial charge in [0.2, 0.25) is 0 Å². The van der Waals surface area contributed by atoms with Crippen molar-refractivity contribution >= 4 is 22.7 Å². The van der Waals surface area contributed by atoms with E-state index in [0.717, 1.165) is 41.7 Å². The third kappa shape index (κ3) is 2.70. The average Bonchev–Trinajstić information content (AvgIpc) is 3.35. The molecule has 0 saturated heterocycles. The first kappa shape index (κ1) is 15.8. The van der Waals surface area contributed by atoms with Gasteiger partial charge in [0.05, 0.1) is 5.69 Å². The summed E-state index contributed by atoms with van der Waals surface area (Å²) < 4.78 is 7.39. The maximum absolute atomic E-state index is 12.9. The molecule has 27 heavy (non-hydrogen) atoms. The Balaban J connectivity index is 1.49. The maximum atomic E-state index is 12.9. The maximum Gasteiger partial charge on any atom is 0.276 e. The van der Waals surface area contributed by atoms with E-state index in [1.165, 1.54) is 0 Å². The standard InChI is InChI=1S/C21H18N4O2/c1-13-22-17-12-14(10-11-19(17)27-13)23-21(26)20-16-8-5-9-18(16)25(24-20)15-6-3-2-4-7-15/h2-4,6-7,10-12H,5,8-9H2,1H3,(H,23,26). The lowest BCUT2D eigenvalue weighted by Crippen LogP contribution is -2.15. The molecule has 0 aliphatic heterocycles. The van der Waals surface area contributed by atoms with Gasteiger partial charge < -0.3 is 9.73 Å². The molecule has 1 aliphatic carbocycles. The van der Waals surface area contributed by atoms with Crippen molar-refractivity contribution < 1.29 is 9.21 Å². The highest BCUT2D eigenvalue weighted by Gasteiger charge is 2.27. The highest BCUT2D eigenvalue weighted by atomic mass is 16.3. The van der Waals surface area contributed by atoms with E-state index in [4.69, 9.17) is 4.42 Å². The van der Waals surface area contributed by atoms with Crippen LogP contribution in [0.3, 0.4) is 0 Å². The summed E-state index contributed by atoms with van der Waals surface area (Å²) in [4.78, 5) is 17.2. The molecule has 0 saturated carbocycles. The Morgan fingerprint density at radius 3 is 2.85 bits per heavy atom. The number of rotatable bonds is 3. The van der Waals surface area contributed by atoms with Crippen LogP contribution in [-0.4, -0.2) is 20.7 Å². The predicted octanol–water partition coefficient (Wildman–Crippen LogP) is 4.06. The minimum Gasteiger partial charge on any atom is -0.441 e. The van der Waals surface area contributed by atoms with Gasteiger partial charge in [0, 0.05) is 23.9 Å². The van der Waals surface area contributed by atoms with Gasteiger partial charge in [-0.05, 0) is 49.6 Å². The molecular formula is C21H18N4O2. The lowest BCUT2D eigenvalue weighted by molar-refractivity contribution is 0.102. The molecule has 0 unspecified atom stereocenters. The number of aromatic nitrogens is 3. The SMILES string of the molecule is Cc1nc2cc(NC(=O)c3nn(-c4ccccc4)c4c3CCC4)ccc2o1. The molecule has 4 aromatic rings. The number of carbonyl (C=O) groups excluding carboxylic acids is 1. The number of aryl methyl sites for hydroxylation is 1. The molecule has 0 bridgehead atoms. The molecular weight excluding hydrogens is 340 g/mol. The summed E-state index contributed by atoms with van der Waals surface area (Å²) in [6, 6.07) is 15.4. The molecule has 1 amide bonds. The second kappa shape index (κ2) is 6.09. The topological polar surface area (TPSA) is 73.0 Å². The number of nitrogens with one attached hydrogen (secondary N) is 1. The first-order chi connectivity index (χ1) is 13.2. The zero-order valence-corrected chi connectivity index (χ0v) is 14.9. The summed E-state index contributed by atoms with van der Waals surface area (Å²) in [5.41, 5.74) is 5.78. The van der Waals surface area contributed by atoms with Gasteiger partial charge >= 0.3 is 0 Å². The van der Waals surface area contributed by atoms with Crippen molar-refractivity contribution in [1.82, 2.24) is 14.8 Å². The van der Waals surface area contributed by atoms with E-state index in [1.54, 1.807) is 6.92 Å². The lowest BCUT2D eigenvalue weighted by Gasteiger charge is -2.05. The van der Waals surface area contributed by atoms with Crippen LogP contribution in [0.1, 0.15) is 34.1 Å². The monoisotopic (exact) mass is 358 g/mol. The number of carbonyl (C=O) groups is 1. The normalized spacial score (nSPS) is 13.1. The van der Waals surface area contributed by atoms with Gasteiger partial charge in [-0.1, -0.05) is 18.2 Å². The number of hydrogen-bond acceptors (Lipinski definition) is 4. The minimum atomic E-state index is -0.192. The van der Waals surface area contributed by atoms with Gasteiger partial charge in [-0.15, -0.1) is 0 Å². The fraction of sp³-hybridized carbons (Fsp3) is 0.190. The highest BCUT2D eigenvalue weighted by Crippen LogP contribution is 2.28. The van der Waals surface area contributed by atoms with E-state index < -0.39 is 0 Å². The first-order valence-electron chi connectivity index (χ1n) is 9.04. The second-order valence-corrected chi connectivity index (χ2v) is 6.74. The molecule has 0 radical (unpaired) electrons. The molecule has 0 spiro atoms. The van der Waals surface area contributed by atoms with Crippen LogP contribution in [0.15, 0.2) is 52.9 Å². The number of benzene rings is 2. The molecule has 1 aliphatic rings. The van der Waals surface area contributed by atoms with Crippen LogP contribution in [0.25, 0.3) is 16.8 Å². The minimum absolute atomic E-state index is 0.192. The molecule has 0 atom stereocenters. The number of anilines is 1. The van der Waals surface area contributed by atoms with Crippen molar-refractivity contribution in [1.29, 1.82) is 0 Å². The summed E-state index contributed by atoms with van der Waals surface area (Å²) >= 11 is 0. The Morgan fingerprint density at radius 1 is 1.15 bits per heavy atom. The van der Waals surface area contributed by atoms with Crippen molar-refractivity contribution in [2.75, 3.05) is 5.32 Å². The van der Waals surface area contributed by atoms with Crippen molar-refractivity contribution in [2.45, 2.75) is 26.2 Å². The second-order valence-electron chi connectivity index (χ2n) is 6.74. The molecule has 2 aromatic carbocycles. The largest absolute Gasteiger partial charge is 0.441 e. The van der Waals surface area contributed by atoms with E-state index >= 15 is 0 Å². The Morgan fingerprint density at radius 2 is 2.00 bits per heavy atom. The van der Waals surface area contributed by atoms with Gasteiger partial charge in [-0.3, -0.25) is 4.79 Å². The van der Waals surface area contributed by atoms with Crippen LogP contribution in [-0.2, 0) is 12.8 Å². The van der Waals surface area contributed by atoms with Crippen molar-refractivity contribution in [3.63, 3.8) is 0 Å². The van der Waals surface area contributed by atoms with Gasteiger partial charge in [-0.25, -0.2) is 9.67 Å². The third-order valence-electron chi connectivity index (χ3n) is 4.90. The molecule has 6 heteroatoms. The summed E-state index contributed by atoms with van der Waals surface area (Å²) in [5, 5.41) is 7.59. The van der Waals surface area contributed by atoms with E-state index in [-0.39, 0.29) is 5.91 Å². The summed E-state index contributed by atoms with van der Waals surface area (Å²) in [6.07, 6.45) is 2.87. The lowest BCUT2D eigenvalue weighted by atomic mass is 10.2. The summed E-state index contributed by atoms with van der Waals surface area (Å²) in [7, 11) is 0. The third-order valence-corrected chi connectivity index (χ3v) is 4.90. The van der Waals surface area contributed by atoms with Crippen LogP contribution < -0.4 is 5.32 Å². The number of para-hydroxylation sites is 1. The summed E-state index contributed by atoms with van der Waals surface area (Å²) in [6.45, 7) is 1.80. The van der Waals surface area contributed by atoms with Crippen LogP contribution in [0.2, 0.25) is 0 Å². The average molecular weight is 358 g/mol. The van der Waals surface area contributed by atoms with E-state index in [9.17, 15) is 4.79 Å². The Hall–Kier alpha value is -3.41. The molecule has 2 heterocycles. The number of hydrogen-bond donors (Lipinski definition) is 1. The van der Waals surface area contributed by atoms with Crippen molar-refractivity contribution in [3.8, 4) is 5.69 Å². The molecule has 5 rings (SSSR count). The predicted molar refractivity (Wildman–Crippen MR) is 102 cm³/mol. The number of amides is 1. The van der Waals surface area contributed by atoms with E-state index in [2.05, 4.69) is 15.4 Å². The number of fused-ring (bicyclic) bond motifs is 2. The van der Waals surface area contributed by atoms with Crippen LogP contribution >= 0.6 is 0 Å². The van der Waals surface area contributed by atoms with Crippen LogP contribution in [0.4, 0.5) is 5.69 Å². The van der Waals surface area contributed by atoms with Crippen molar-refractivity contribution in [2.24, 2.45) is 0 Å². The Labute approximate surface area is 155 Å². The van der Waals surface area contributed by atoms with Crippen LogP contribution in [0.5, 0.6) is 0 Å². The van der Waals surface area contributed by atoms with Gasteiger partial charge in [0.1, 0.15) is 5.52 Å². The van der Waals surface area contributed by atoms with Gasteiger partial charge in [0.25, 0.3) is 5.91 Å². The zero-order chi connectivity index (χ0) is 18.4. The number of oxazole rings is 1.